The van der Waals surface area contributed by atoms with Crippen molar-refractivity contribution in [2.75, 3.05) is 25.5 Å². The van der Waals surface area contributed by atoms with Crippen LogP contribution < -0.4 is 10.1 Å². The third-order valence-corrected chi connectivity index (χ3v) is 5.54. The number of methoxy groups -OCH3 is 1. The van der Waals surface area contributed by atoms with Crippen molar-refractivity contribution in [1.29, 1.82) is 0 Å². The first-order chi connectivity index (χ1) is 17.0. The molecule has 0 radical (unpaired) electrons. The molecule has 1 N–H and O–H groups in total. The van der Waals surface area contributed by atoms with Crippen molar-refractivity contribution >= 4 is 17.6 Å². The van der Waals surface area contributed by atoms with E-state index in [-0.39, 0.29) is 24.1 Å². The number of nitrogens with one attached hydrogen (secondary N) is 1. The SMILES string of the molecule is CCCN(CC(=O)Nc1c(-c2ccccc2)c(C)nn1-c1ccc(OC)cc1)C(=O)c1ccco1. The minimum atomic E-state index is -0.329. The number of furan rings is 1. The zero-order valence-electron chi connectivity index (χ0n) is 20.0. The minimum absolute atomic E-state index is 0.117. The van der Waals surface area contributed by atoms with Gasteiger partial charge in [0.05, 0.1) is 24.8 Å². The molecular formula is C27H28N4O4. The maximum absolute atomic E-state index is 13.3. The predicted octanol–water partition coefficient (Wildman–Crippen LogP) is 4.94. The van der Waals surface area contributed by atoms with Gasteiger partial charge in [-0.2, -0.15) is 5.10 Å². The average molecular weight is 473 g/mol. The van der Waals surface area contributed by atoms with Crippen LogP contribution >= 0.6 is 0 Å². The fraction of sp³-hybridized carbons (Fsp3) is 0.222. The van der Waals surface area contributed by atoms with Gasteiger partial charge in [-0.1, -0.05) is 37.3 Å². The molecule has 0 aliphatic heterocycles. The molecule has 2 aromatic heterocycles. The van der Waals surface area contributed by atoms with Gasteiger partial charge < -0.3 is 19.4 Å². The Morgan fingerprint density at radius 2 is 1.80 bits per heavy atom. The van der Waals surface area contributed by atoms with Gasteiger partial charge in [0.25, 0.3) is 5.91 Å². The monoisotopic (exact) mass is 472 g/mol. The van der Waals surface area contributed by atoms with Crippen LogP contribution in [0.3, 0.4) is 0 Å². The first-order valence-corrected chi connectivity index (χ1v) is 11.4. The van der Waals surface area contributed by atoms with Crippen LogP contribution in [0.15, 0.2) is 77.4 Å². The average Bonchev–Trinajstić information content (AvgIpc) is 3.52. The van der Waals surface area contributed by atoms with E-state index in [2.05, 4.69) is 5.32 Å². The molecule has 0 aliphatic carbocycles. The Balaban J connectivity index is 1.68. The molecule has 0 atom stereocenters. The van der Waals surface area contributed by atoms with Gasteiger partial charge in [0, 0.05) is 12.1 Å². The summed E-state index contributed by atoms with van der Waals surface area (Å²) in [5, 5.41) is 7.74. The molecule has 4 rings (SSSR count). The summed E-state index contributed by atoms with van der Waals surface area (Å²) in [7, 11) is 1.61. The molecule has 8 heteroatoms. The third-order valence-electron chi connectivity index (χ3n) is 5.54. The number of hydrogen-bond acceptors (Lipinski definition) is 5. The Labute approximate surface area is 204 Å². The van der Waals surface area contributed by atoms with E-state index in [1.807, 2.05) is 68.4 Å². The van der Waals surface area contributed by atoms with Crippen LogP contribution in [0.25, 0.3) is 16.8 Å². The molecule has 2 aromatic carbocycles. The van der Waals surface area contributed by atoms with E-state index in [1.165, 1.54) is 11.2 Å². The van der Waals surface area contributed by atoms with Gasteiger partial charge in [0.1, 0.15) is 18.1 Å². The molecule has 0 saturated carbocycles. The number of carbonyl (C=O) groups excluding carboxylic acids is 2. The van der Waals surface area contributed by atoms with Crippen molar-refractivity contribution in [2.24, 2.45) is 0 Å². The Morgan fingerprint density at radius 1 is 1.06 bits per heavy atom. The highest BCUT2D eigenvalue weighted by Gasteiger charge is 2.24. The molecule has 0 fully saturated rings. The van der Waals surface area contributed by atoms with Gasteiger partial charge in [0.2, 0.25) is 5.91 Å². The molecule has 0 spiro atoms. The van der Waals surface area contributed by atoms with Gasteiger partial charge in [-0.25, -0.2) is 4.68 Å². The van der Waals surface area contributed by atoms with Crippen LogP contribution in [0.1, 0.15) is 29.6 Å². The largest absolute Gasteiger partial charge is 0.497 e. The summed E-state index contributed by atoms with van der Waals surface area (Å²) < 4.78 is 12.2. The second-order valence-electron chi connectivity index (χ2n) is 8.04. The smallest absolute Gasteiger partial charge is 0.290 e. The molecule has 0 bridgehead atoms. The van der Waals surface area contributed by atoms with Gasteiger partial charge in [-0.05, 0) is 55.3 Å². The van der Waals surface area contributed by atoms with Crippen molar-refractivity contribution in [2.45, 2.75) is 20.3 Å². The van der Waals surface area contributed by atoms with Gasteiger partial charge in [0.15, 0.2) is 5.76 Å². The Hall–Kier alpha value is -4.33. The normalized spacial score (nSPS) is 10.7. The highest BCUT2D eigenvalue weighted by molar-refractivity contribution is 6.00. The number of hydrogen-bond donors (Lipinski definition) is 1. The van der Waals surface area contributed by atoms with E-state index in [1.54, 1.807) is 23.9 Å². The number of anilines is 1. The van der Waals surface area contributed by atoms with Gasteiger partial charge >= 0.3 is 0 Å². The van der Waals surface area contributed by atoms with Crippen LogP contribution in [0.5, 0.6) is 5.75 Å². The van der Waals surface area contributed by atoms with Crippen molar-refractivity contribution in [3.05, 3.63) is 84.4 Å². The van der Waals surface area contributed by atoms with Gasteiger partial charge in [-0.15, -0.1) is 0 Å². The van der Waals surface area contributed by atoms with Crippen LogP contribution in [0.2, 0.25) is 0 Å². The number of rotatable bonds is 9. The van der Waals surface area contributed by atoms with Gasteiger partial charge in [-0.3, -0.25) is 9.59 Å². The van der Waals surface area contributed by atoms with E-state index < -0.39 is 0 Å². The summed E-state index contributed by atoms with van der Waals surface area (Å²) in [5.41, 5.74) is 3.27. The molecule has 35 heavy (non-hydrogen) atoms. The zero-order valence-corrected chi connectivity index (χ0v) is 20.0. The van der Waals surface area contributed by atoms with Crippen molar-refractivity contribution in [1.82, 2.24) is 14.7 Å². The number of aromatic nitrogens is 2. The Bertz CT molecular complexity index is 1280. The van der Waals surface area contributed by atoms with Crippen molar-refractivity contribution < 1.29 is 18.7 Å². The number of aryl methyl sites for hydroxylation is 1. The fourth-order valence-electron chi connectivity index (χ4n) is 3.93. The first-order valence-electron chi connectivity index (χ1n) is 11.4. The van der Waals surface area contributed by atoms with Crippen LogP contribution in [-0.2, 0) is 4.79 Å². The van der Waals surface area contributed by atoms with E-state index in [0.29, 0.717) is 18.8 Å². The summed E-state index contributed by atoms with van der Waals surface area (Å²) in [5.74, 6) is 0.805. The topological polar surface area (TPSA) is 89.6 Å². The quantitative estimate of drug-likeness (QED) is 0.373. The number of benzene rings is 2. The number of nitrogens with zero attached hydrogens (tertiary/aromatic N) is 3. The molecular weight excluding hydrogens is 444 g/mol. The fourth-order valence-corrected chi connectivity index (χ4v) is 3.93. The maximum Gasteiger partial charge on any atom is 0.290 e. The summed E-state index contributed by atoms with van der Waals surface area (Å²) in [6.45, 7) is 4.17. The van der Waals surface area contributed by atoms with E-state index in [9.17, 15) is 9.59 Å². The first kappa shape index (κ1) is 23.8. The third kappa shape index (κ3) is 5.27. The molecule has 2 amide bonds. The maximum atomic E-state index is 13.3. The van der Waals surface area contributed by atoms with Crippen LogP contribution in [0, 0.1) is 6.92 Å². The molecule has 8 nitrogen and oxygen atoms in total. The van der Waals surface area contributed by atoms with Crippen molar-refractivity contribution in [3.8, 4) is 22.6 Å². The molecule has 0 aliphatic rings. The number of amides is 2. The van der Waals surface area contributed by atoms with E-state index in [0.717, 1.165) is 28.3 Å². The predicted molar refractivity (Wildman–Crippen MR) is 134 cm³/mol. The van der Waals surface area contributed by atoms with E-state index in [4.69, 9.17) is 14.3 Å². The Kier molecular flexibility index (Phi) is 7.30. The highest BCUT2D eigenvalue weighted by atomic mass is 16.5. The molecule has 4 aromatic rings. The summed E-state index contributed by atoms with van der Waals surface area (Å²) in [6, 6.07) is 20.4. The number of ether oxygens (including phenoxy) is 1. The lowest BCUT2D eigenvalue weighted by Gasteiger charge is -2.21. The lowest BCUT2D eigenvalue weighted by Crippen LogP contribution is -2.38. The highest BCUT2D eigenvalue weighted by Crippen LogP contribution is 2.33. The summed E-state index contributed by atoms with van der Waals surface area (Å²) in [4.78, 5) is 27.6. The zero-order chi connectivity index (χ0) is 24.8. The van der Waals surface area contributed by atoms with E-state index >= 15 is 0 Å². The lowest BCUT2D eigenvalue weighted by atomic mass is 10.1. The standard InChI is InChI=1S/C27H28N4O4/c1-4-16-30(27(33)23-11-8-17-35-23)18-24(32)28-26-25(20-9-6-5-7-10-20)19(2)29-31(26)21-12-14-22(34-3)15-13-21/h5-15,17H,4,16,18H2,1-3H3,(H,28,32). The molecule has 180 valence electrons. The minimum Gasteiger partial charge on any atom is -0.497 e. The Morgan fingerprint density at radius 3 is 2.43 bits per heavy atom. The lowest BCUT2D eigenvalue weighted by molar-refractivity contribution is -0.117. The summed E-state index contributed by atoms with van der Waals surface area (Å²) >= 11 is 0. The molecule has 0 saturated heterocycles. The molecule has 2 heterocycles. The van der Waals surface area contributed by atoms with Crippen molar-refractivity contribution in [3.63, 3.8) is 0 Å². The molecule has 0 unspecified atom stereocenters. The second-order valence-corrected chi connectivity index (χ2v) is 8.04. The second kappa shape index (κ2) is 10.7. The van der Waals surface area contributed by atoms with Crippen LogP contribution in [0.4, 0.5) is 5.82 Å². The van der Waals surface area contributed by atoms with Crippen LogP contribution in [-0.4, -0.2) is 46.7 Å². The number of carbonyl (C=O) groups is 2. The summed E-state index contributed by atoms with van der Waals surface area (Å²) in [6.07, 6.45) is 2.15.